The summed E-state index contributed by atoms with van der Waals surface area (Å²) in [6, 6.07) is 5.50. The Labute approximate surface area is 87.6 Å². The minimum atomic E-state index is -0.151. The normalized spacial score (nSPS) is 18.7. The Morgan fingerprint density at radius 2 is 2.00 bits per heavy atom. The van der Waals surface area contributed by atoms with Gasteiger partial charge in [0.1, 0.15) is 0 Å². The fraction of sp³-hybridized carbons (Fsp3) is 0.400. The lowest BCUT2D eigenvalue weighted by Crippen LogP contribution is -2.09. The summed E-state index contributed by atoms with van der Waals surface area (Å²) in [7, 11) is 1.71. The molecule has 1 aromatic carbocycles. The lowest BCUT2D eigenvalue weighted by atomic mass is 10.1. The standard InChI is InChI=1S/C10H10Cl2O/c1-13-10(4-5-10)8-6-7(11)2-3-9(8)12/h2-3,6H,4-5H2,1H3. The molecule has 0 saturated heterocycles. The van der Waals surface area contributed by atoms with Crippen LogP contribution < -0.4 is 0 Å². The third-order valence-electron chi connectivity index (χ3n) is 2.51. The summed E-state index contributed by atoms with van der Waals surface area (Å²) in [4.78, 5) is 0. The Morgan fingerprint density at radius 3 is 2.54 bits per heavy atom. The molecule has 0 spiro atoms. The first kappa shape index (κ1) is 9.32. The van der Waals surface area contributed by atoms with E-state index in [0.29, 0.717) is 5.02 Å². The van der Waals surface area contributed by atoms with Crippen molar-refractivity contribution in [1.29, 1.82) is 0 Å². The Balaban J connectivity index is 2.44. The average Bonchev–Trinajstić information content (AvgIpc) is 2.90. The second-order valence-electron chi connectivity index (χ2n) is 3.32. The number of ether oxygens (including phenoxy) is 1. The number of hydrogen-bond donors (Lipinski definition) is 0. The second kappa shape index (κ2) is 3.16. The molecule has 0 bridgehead atoms. The van der Waals surface area contributed by atoms with Gasteiger partial charge in [-0.15, -0.1) is 0 Å². The predicted octanol–water partition coefficient (Wildman–Crippen LogP) is 3.63. The van der Waals surface area contributed by atoms with Gasteiger partial charge in [-0.2, -0.15) is 0 Å². The minimum absolute atomic E-state index is 0.151. The molecule has 0 heterocycles. The van der Waals surface area contributed by atoms with E-state index in [2.05, 4.69) is 0 Å². The molecular formula is C10H10Cl2O. The number of rotatable bonds is 2. The largest absolute Gasteiger partial charge is 0.373 e. The van der Waals surface area contributed by atoms with E-state index < -0.39 is 0 Å². The quantitative estimate of drug-likeness (QED) is 0.734. The van der Waals surface area contributed by atoms with Crippen molar-refractivity contribution < 1.29 is 4.74 Å². The summed E-state index contributed by atoms with van der Waals surface area (Å²) in [5.74, 6) is 0. The van der Waals surface area contributed by atoms with Crippen LogP contribution in [-0.4, -0.2) is 7.11 Å². The monoisotopic (exact) mass is 216 g/mol. The summed E-state index contributed by atoms with van der Waals surface area (Å²) < 4.78 is 5.43. The van der Waals surface area contributed by atoms with Crippen LogP contribution in [0.15, 0.2) is 18.2 Å². The number of hydrogen-bond acceptors (Lipinski definition) is 1. The minimum Gasteiger partial charge on any atom is -0.373 e. The van der Waals surface area contributed by atoms with Crippen molar-refractivity contribution in [2.24, 2.45) is 0 Å². The van der Waals surface area contributed by atoms with Crippen LogP contribution in [0.3, 0.4) is 0 Å². The molecule has 0 radical (unpaired) electrons. The van der Waals surface area contributed by atoms with Crippen LogP contribution in [-0.2, 0) is 10.3 Å². The molecule has 1 aromatic rings. The van der Waals surface area contributed by atoms with E-state index in [1.54, 1.807) is 13.2 Å². The SMILES string of the molecule is COC1(c2cc(Cl)ccc2Cl)CC1. The number of methoxy groups -OCH3 is 1. The summed E-state index contributed by atoms with van der Waals surface area (Å²) in [5.41, 5.74) is 0.867. The highest BCUT2D eigenvalue weighted by Crippen LogP contribution is 2.51. The smallest absolute Gasteiger partial charge is 0.0944 e. The molecular weight excluding hydrogens is 207 g/mol. The third-order valence-corrected chi connectivity index (χ3v) is 3.08. The van der Waals surface area contributed by atoms with Crippen LogP contribution in [0.5, 0.6) is 0 Å². The van der Waals surface area contributed by atoms with Crippen molar-refractivity contribution >= 4 is 23.2 Å². The van der Waals surface area contributed by atoms with Crippen molar-refractivity contribution in [2.45, 2.75) is 18.4 Å². The highest BCUT2D eigenvalue weighted by Gasteiger charge is 2.46. The Kier molecular flexibility index (Phi) is 2.26. The van der Waals surface area contributed by atoms with E-state index in [1.807, 2.05) is 12.1 Å². The van der Waals surface area contributed by atoms with Gasteiger partial charge < -0.3 is 4.74 Å². The first-order chi connectivity index (χ1) is 6.18. The number of benzene rings is 1. The van der Waals surface area contributed by atoms with Gasteiger partial charge in [-0.3, -0.25) is 0 Å². The Morgan fingerprint density at radius 1 is 1.31 bits per heavy atom. The zero-order valence-corrected chi connectivity index (χ0v) is 8.82. The summed E-state index contributed by atoms with van der Waals surface area (Å²) in [6.45, 7) is 0. The van der Waals surface area contributed by atoms with Crippen LogP contribution in [0.1, 0.15) is 18.4 Å². The third kappa shape index (κ3) is 1.56. The van der Waals surface area contributed by atoms with Crippen LogP contribution >= 0.6 is 23.2 Å². The van der Waals surface area contributed by atoms with Gasteiger partial charge in [0.25, 0.3) is 0 Å². The van der Waals surface area contributed by atoms with Gasteiger partial charge in [-0.05, 0) is 31.0 Å². The van der Waals surface area contributed by atoms with E-state index in [4.69, 9.17) is 27.9 Å². The molecule has 0 atom stereocenters. The van der Waals surface area contributed by atoms with E-state index >= 15 is 0 Å². The summed E-state index contributed by atoms with van der Waals surface area (Å²) in [6.07, 6.45) is 2.06. The molecule has 0 aromatic heterocycles. The molecule has 0 unspecified atom stereocenters. The van der Waals surface area contributed by atoms with Gasteiger partial charge in [0, 0.05) is 22.7 Å². The first-order valence-corrected chi connectivity index (χ1v) is 4.94. The fourth-order valence-corrected chi connectivity index (χ4v) is 2.01. The van der Waals surface area contributed by atoms with E-state index in [1.165, 1.54) is 0 Å². The molecule has 3 heteroatoms. The molecule has 1 fully saturated rings. The zero-order valence-electron chi connectivity index (χ0n) is 7.31. The van der Waals surface area contributed by atoms with Gasteiger partial charge >= 0.3 is 0 Å². The maximum absolute atomic E-state index is 6.06. The fourth-order valence-electron chi connectivity index (χ4n) is 1.54. The Bertz CT molecular complexity index is 332. The molecule has 1 aliphatic carbocycles. The van der Waals surface area contributed by atoms with Crippen molar-refractivity contribution in [2.75, 3.05) is 7.11 Å². The maximum Gasteiger partial charge on any atom is 0.0944 e. The Hall–Kier alpha value is -0.240. The predicted molar refractivity (Wildman–Crippen MR) is 54.4 cm³/mol. The highest BCUT2D eigenvalue weighted by molar-refractivity contribution is 6.33. The molecule has 1 saturated carbocycles. The molecule has 0 aliphatic heterocycles. The van der Waals surface area contributed by atoms with Gasteiger partial charge in [0.2, 0.25) is 0 Å². The molecule has 2 rings (SSSR count). The van der Waals surface area contributed by atoms with E-state index in [0.717, 1.165) is 23.4 Å². The molecule has 70 valence electrons. The van der Waals surface area contributed by atoms with Gasteiger partial charge in [-0.1, -0.05) is 23.2 Å². The molecule has 1 aliphatic rings. The van der Waals surface area contributed by atoms with Crippen LogP contribution in [0.2, 0.25) is 10.0 Å². The van der Waals surface area contributed by atoms with Gasteiger partial charge in [0.15, 0.2) is 0 Å². The van der Waals surface area contributed by atoms with Crippen molar-refractivity contribution in [3.63, 3.8) is 0 Å². The summed E-state index contributed by atoms with van der Waals surface area (Å²) in [5, 5.41) is 1.45. The van der Waals surface area contributed by atoms with Crippen LogP contribution in [0.4, 0.5) is 0 Å². The number of halogens is 2. The lowest BCUT2D eigenvalue weighted by molar-refractivity contribution is 0.0790. The molecule has 0 N–H and O–H groups in total. The second-order valence-corrected chi connectivity index (χ2v) is 4.17. The van der Waals surface area contributed by atoms with Crippen LogP contribution in [0.25, 0.3) is 0 Å². The molecule has 0 amide bonds. The van der Waals surface area contributed by atoms with Gasteiger partial charge in [0.05, 0.1) is 5.60 Å². The topological polar surface area (TPSA) is 9.23 Å². The average molecular weight is 217 g/mol. The highest BCUT2D eigenvalue weighted by atomic mass is 35.5. The van der Waals surface area contributed by atoms with Gasteiger partial charge in [-0.25, -0.2) is 0 Å². The maximum atomic E-state index is 6.06. The molecule has 1 nitrogen and oxygen atoms in total. The van der Waals surface area contributed by atoms with E-state index in [9.17, 15) is 0 Å². The van der Waals surface area contributed by atoms with Crippen molar-refractivity contribution in [3.05, 3.63) is 33.8 Å². The van der Waals surface area contributed by atoms with Crippen molar-refractivity contribution in [1.82, 2.24) is 0 Å². The van der Waals surface area contributed by atoms with Crippen LogP contribution in [0, 0.1) is 0 Å². The summed E-state index contributed by atoms with van der Waals surface area (Å²) >= 11 is 12.0. The molecule has 13 heavy (non-hydrogen) atoms. The first-order valence-electron chi connectivity index (χ1n) is 4.19. The van der Waals surface area contributed by atoms with E-state index in [-0.39, 0.29) is 5.60 Å². The zero-order chi connectivity index (χ0) is 9.47. The lowest BCUT2D eigenvalue weighted by Gasteiger charge is -2.15. The van der Waals surface area contributed by atoms with Crippen molar-refractivity contribution in [3.8, 4) is 0 Å².